The molecule has 0 radical (unpaired) electrons. The summed E-state index contributed by atoms with van der Waals surface area (Å²) in [7, 11) is 0. The standard InChI is InChI=1S/C41H78O5/c1-3-5-7-9-11-13-15-17-18-19-20-21-22-24-25-27-29-31-33-35-40(43)45-38-39(37-42)46-41(44)36-34-32-30-28-26-23-16-14-12-10-8-6-4-2/h17-18,39,42H,3-16,19-38H2,1-2H3/b18-17-/t39-/m0/s1. The van der Waals surface area contributed by atoms with E-state index in [2.05, 4.69) is 26.0 Å². The third kappa shape index (κ3) is 35.5. The van der Waals surface area contributed by atoms with E-state index in [0.29, 0.717) is 12.8 Å². The van der Waals surface area contributed by atoms with Crippen molar-refractivity contribution in [1.82, 2.24) is 0 Å². The third-order valence-corrected chi connectivity index (χ3v) is 9.06. The second-order valence-corrected chi connectivity index (χ2v) is 13.7. The maximum absolute atomic E-state index is 12.1. The number of carbonyl (C=O) groups excluding carboxylic acids is 2. The zero-order valence-corrected chi connectivity index (χ0v) is 30.9. The average molecular weight is 651 g/mol. The second-order valence-electron chi connectivity index (χ2n) is 13.7. The highest BCUT2D eigenvalue weighted by atomic mass is 16.6. The Balaban J connectivity index is 3.50. The van der Waals surface area contributed by atoms with Crippen LogP contribution in [0.25, 0.3) is 0 Å². The molecule has 5 heteroatoms. The van der Waals surface area contributed by atoms with Crippen molar-refractivity contribution in [2.75, 3.05) is 13.2 Å². The Kier molecular flexibility index (Phi) is 37.0. The van der Waals surface area contributed by atoms with Gasteiger partial charge in [0, 0.05) is 12.8 Å². The van der Waals surface area contributed by atoms with Gasteiger partial charge < -0.3 is 14.6 Å². The number of rotatable bonds is 37. The molecule has 272 valence electrons. The highest BCUT2D eigenvalue weighted by Crippen LogP contribution is 2.15. The molecule has 0 unspecified atom stereocenters. The number of allylic oxidation sites excluding steroid dienone is 2. The lowest BCUT2D eigenvalue weighted by molar-refractivity contribution is -0.161. The lowest BCUT2D eigenvalue weighted by atomic mass is 10.0. The molecule has 0 aliphatic rings. The lowest BCUT2D eigenvalue weighted by Gasteiger charge is -2.15. The van der Waals surface area contributed by atoms with Gasteiger partial charge in [-0.15, -0.1) is 0 Å². The van der Waals surface area contributed by atoms with Gasteiger partial charge in [0.2, 0.25) is 0 Å². The van der Waals surface area contributed by atoms with Gasteiger partial charge in [-0.3, -0.25) is 9.59 Å². The Morgan fingerprint density at radius 3 is 1.17 bits per heavy atom. The second kappa shape index (κ2) is 38.1. The van der Waals surface area contributed by atoms with E-state index in [1.807, 2.05) is 0 Å². The Labute approximate surface area is 286 Å². The fraction of sp³-hybridized carbons (Fsp3) is 0.902. The summed E-state index contributed by atoms with van der Waals surface area (Å²) in [5, 5.41) is 9.55. The number of ether oxygens (including phenoxy) is 2. The minimum Gasteiger partial charge on any atom is -0.462 e. The molecular weight excluding hydrogens is 572 g/mol. The van der Waals surface area contributed by atoms with E-state index in [1.54, 1.807) is 0 Å². The summed E-state index contributed by atoms with van der Waals surface area (Å²) in [6, 6.07) is 0. The number of carbonyl (C=O) groups is 2. The smallest absolute Gasteiger partial charge is 0.306 e. The van der Waals surface area contributed by atoms with Crippen molar-refractivity contribution in [3.05, 3.63) is 12.2 Å². The quantitative estimate of drug-likeness (QED) is 0.0411. The molecule has 0 aromatic rings. The van der Waals surface area contributed by atoms with Crippen LogP contribution < -0.4 is 0 Å². The fourth-order valence-corrected chi connectivity index (χ4v) is 5.96. The van der Waals surface area contributed by atoms with Crippen LogP contribution in [0.2, 0.25) is 0 Å². The van der Waals surface area contributed by atoms with Crippen molar-refractivity contribution in [2.45, 2.75) is 225 Å². The lowest BCUT2D eigenvalue weighted by Crippen LogP contribution is -2.28. The van der Waals surface area contributed by atoms with Crippen LogP contribution in [0, 0.1) is 0 Å². The summed E-state index contributed by atoms with van der Waals surface area (Å²) in [5.41, 5.74) is 0. The molecule has 0 aromatic heterocycles. The number of aliphatic hydroxyl groups is 1. The molecule has 1 atom stereocenters. The zero-order valence-electron chi connectivity index (χ0n) is 30.9. The van der Waals surface area contributed by atoms with Gasteiger partial charge in [0.1, 0.15) is 6.61 Å². The first-order valence-corrected chi connectivity index (χ1v) is 20.2. The molecule has 5 nitrogen and oxygen atoms in total. The van der Waals surface area contributed by atoms with Crippen molar-refractivity contribution in [3.8, 4) is 0 Å². The fourth-order valence-electron chi connectivity index (χ4n) is 5.96. The van der Waals surface area contributed by atoms with Crippen molar-refractivity contribution in [3.63, 3.8) is 0 Å². The molecule has 0 aliphatic carbocycles. The molecule has 0 spiro atoms. The number of esters is 2. The van der Waals surface area contributed by atoms with E-state index in [-0.39, 0.29) is 25.2 Å². The molecular formula is C41H78O5. The molecule has 0 heterocycles. The number of hydrogen-bond acceptors (Lipinski definition) is 5. The van der Waals surface area contributed by atoms with Crippen LogP contribution in [-0.4, -0.2) is 36.4 Å². The van der Waals surface area contributed by atoms with Gasteiger partial charge in [0.25, 0.3) is 0 Å². The Morgan fingerprint density at radius 1 is 0.478 bits per heavy atom. The maximum atomic E-state index is 12.1. The van der Waals surface area contributed by atoms with E-state index in [4.69, 9.17) is 9.47 Å². The van der Waals surface area contributed by atoms with Gasteiger partial charge in [-0.1, -0.05) is 180 Å². The minimum absolute atomic E-state index is 0.0609. The van der Waals surface area contributed by atoms with Gasteiger partial charge in [0.15, 0.2) is 6.10 Å². The largest absolute Gasteiger partial charge is 0.462 e. The Hall–Kier alpha value is -1.36. The Morgan fingerprint density at radius 2 is 0.804 bits per heavy atom. The van der Waals surface area contributed by atoms with Crippen molar-refractivity contribution in [1.29, 1.82) is 0 Å². The van der Waals surface area contributed by atoms with E-state index < -0.39 is 6.10 Å². The van der Waals surface area contributed by atoms with E-state index in [0.717, 1.165) is 38.5 Å². The first kappa shape index (κ1) is 44.6. The van der Waals surface area contributed by atoms with Crippen molar-refractivity contribution < 1.29 is 24.2 Å². The van der Waals surface area contributed by atoms with Gasteiger partial charge in [-0.2, -0.15) is 0 Å². The topological polar surface area (TPSA) is 72.8 Å². The predicted molar refractivity (Wildman–Crippen MR) is 196 cm³/mol. The predicted octanol–water partition coefficient (Wildman–Crippen LogP) is 12.5. The molecule has 0 bridgehead atoms. The highest BCUT2D eigenvalue weighted by molar-refractivity contribution is 5.70. The summed E-state index contributed by atoms with van der Waals surface area (Å²) in [4.78, 5) is 24.2. The summed E-state index contributed by atoms with van der Waals surface area (Å²) in [5.74, 6) is -0.583. The molecule has 1 N–H and O–H groups in total. The number of unbranched alkanes of at least 4 members (excludes halogenated alkanes) is 27. The van der Waals surface area contributed by atoms with Crippen LogP contribution in [0.3, 0.4) is 0 Å². The highest BCUT2D eigenvalue weighted by Gasteiger charge is 2.16. The van der Waals surface area contributed by atoms with E-state index in [1.165, 1.54) is 154 Å². The summed E-state index contributed by atoms with van der Waals surface area (Å²) < 4.78 is 10.6. The SMILES string of the molecule is CCCCCCCC/C=C\CCCCCCCCCCCC(=O)OC[C@H](CO)OC(=O)CCCCCCCCCCCCCCC. The summed E-state index contributed by atoms with van der Waals surface area (Å²) in [6.45, 7) is 4.15. The monoisotopic (exact) mass is 651 g/mol. The molecule has 0 aromatic carbocycles. The van der Waals surface area contributed by atoms with Crippen LogP contribution in [0.5, 0.6) is 0 Å². The maximum Gasteiger partial charge on any atom is 0.306 e. The van der Waals surface area contributed by atoms with Crippen LogP contribution >= 0.6 is 0 Å². The van der Waals surface area contributed by atoms with Crippen molar-refractivity contribution >= 4 is 11.9 Å². The number of aliphatic hydroxyl groups excluding tert-OH is 1. The average Bonchev–Trinajstić information content (AvgIpc) is 3.06. The number of hydrogen-bond donors (Lipinski definition) is 1. The first-order chi connectivity index (χ1) is 22.6. The van der Waals surface area contributed by atoms with Crippen LogP contribution in [0.15, 0.2) is 12.2 Å². The van der Waals surface area contributed by atoms with Crippen LogP contribution in [0.1, 0.15) is 219 Å². The summed E-state index contributed by atoms with van der Waals surface area (Å²) >= 11 is 0. The van der Waals surface area contributed by atoms with E-state index in [9.17, 15) is 14.7 Å². The Bertz CT molecular complexity index is 661. The van der Waals surface area contributed by atoms with Gasteiger partial charge in [0.05, 0.1) is 6.61 Å². The molecule has 0 rings (SSSR count). The van der Waals surface area contributed by atoms with Crippen LogP contribution in [0.4, 0.5) is 0 Å². The van der Waals surface area contributed by atoms with Crippen molar-refractivity contribution in [2.24, 2.45) is 0 Å². The van der Waals surface area contributed by atoms with Gasteiger partial charge in [-0.05, 0) is 38.5 Å². The molecule has 0 saturated carbocycles. The summed E-state index contributed by atoms with van der Waals surface area (Å²) in [6.07, 6.45) is 42.7. The molecule has 0 amide bonds. The zero-order chi connectivity index (χ0) is 33.6. The third-order valence-electron chi connectivity index (χ3n) is 9.06. The minimum atomic E-state index is -0.764. The molecule has 0 saturated heterocycles. The molecule has 0 aliphatic heterocycles. The molecule has 0 fully saturated rings. The van der Waals surface area contributed by atoms with Gasteiger partial charge >= 0.3 is 11.9 Å². The van der Waals surface area contributed by atoms with Crippen LogP contribution in [-0.2, 0) is 19.1 Å². The first-order valence-electron chi connectivity index (χ1n) is 20.2. The van der Waals surface area contributed by atoms with E-state index >= 15 is 0 Å². The molecule has 46 heavy (non-hydrogen) atoms. The van der Waals surface area contributed by atoms with Gasteiger partial charge in [-0.25, -0.2) is 0 Å². The normalized spacial score (nSPS) is 12.2.